The molecule has 1 rings (SSSR count). The molecule has 2 N–H and O–H groups in total. The second-order valence-electron chi connectivity index (χ2n) is 1.96. The highest BCUT2D eigenvalue weighted by atomic mass is 32.2. The lowest BCUT2D eigenvalue weighted by atomic mass is 10.4. The number of nitrogens with zero attached hydrogens (tertiary/aromatic N) is 1. The molecule has 66 valence electrons. The zero-order chi connectivity index (χ0) is 9.19. The molecule has 6 heteroatoms. The van der Waals surface area contributed by atoms with Crippen molar-refractivity contribution in [3.63, 3.8) is 0 Å². The van der Waals surface area contributed by atoms with E-state index in [2.05, 4.69) is 4.98 Å². The van der Waals surface area contributed by atoms with Crippen molar-refractivity contribution in [1.29, 1.82) is 0 Å². The van der Waals surface area contributed by atoms with Gasteiger partial charge in [0, 0.05) is 18.1 Å². The molecule has 0 aliphatic carbocycles. The van der Waals surface area contributed by atoms with E-state index in [1.54, 1.807) is 0 Å². The van der Waals surface area contributed by atoms with E-state index < -0.39 is 5.51 Å². The first-order chi connectivity index (χ1) is 5.49. The highest BCUT2D eigenvalue weighted by molar-refractivity contribution is 8.00. The fourth-order valence-electron chi connectivity index (χ4n) is 0.601. The summed E-state index contributed by atoms with van der Waals surface area (Å²) in [4.78, 5) is 3.46. The summed E-state index contributed by atoms with van der Waals surface area (Å²) in [5, 5.41) is 0. The van der Waals surface area contributed by atoms with E-state index in [0.717, 1.165) is 6.20 Å². The topological polar surface area (TPSA) is 38.9 Å². The summed E-state index contributed by atoms with van der Waals surface area (Å²) in [5.41, 5.74) is 1.05. The fraction of sp³-hybridized carbons (Fsp3) is 0.167. The van der Waals surface area contributed by atoms with E-state index in [9.17, 15) is 13.2 Å². The Morgan fingerprint density at radius 1 is 1.42 bits per heavy atom. The number of alkyl halides is 3. The third kappa shape index (κ3) is 2.61. The summed E-state index contributed by atoms with van der Waals surface area (Å²) in [6.07, 6.45) is 2.43. The Hall–Kier alpha value is -0.910. The number of nitrogens with two attached hydrogens (primary N) is 1. The number of anilines is 1. The van der Waals surface area contributed by atoms with Crippen molar-refractivity contribution < 1.29 is 13.2 Å². The van der Waals surface area contributed by atoms with Crippen LogP contribution in [0.5, 0.6) is 0 Å². The van der Waals surface area contributed by atoms with Gasteiger partial charge in [-0.1, -0.05) is 0 Å². The van der Waals surface area contributed by atoms with Crippen LogP contribution in [0.15, 0.2) is 23.4 Å². The third-order valence-electron chi connectivity index (χ3n) is 1.04. The van der Waals surface area contributed by atoms with Gasteiger partial charge in [0.25, 0.3) is 0 Å². The molecule has 1 aromatic rings. The normalized spacial score (nSPS) is 11.6. The fourth-order valence-corrected chi connectivity index (χ4v) is 1.15. The Labute approximate surface area is 71.0 Å². The smallest absolute Gasteiger partial charge is 0.398 e. The summed E-state index contributed by atoms with van der Waals surface area (Å²) < 4.78 is 35.4. The molecule has 0 radical (unpaired) electrons. The largest absolute Gasteiger partial charge is 0.446 e. The van der Waals surface area contributed by atoms with Crippen molar-refractivity contribution in [2.24, 2.45) is 0 Å². The molecule has 0 aliphatic heterocycles. The average Bonchev–Trinajstić information content (AvgIpc) is 1.91. The molecule has 1 aromatic heterocycles. The monoisotopic (exact) mass is 194 g/mol. The number of pyridine rings is 1. The number of hydrogen-bond acceptors (Lipinski definition) is 3. The molecular weight excluding hydrogens is 189 g/mol. The minimum atomic E-state index is -4.31. The van der Waals surface area contributed by atoms with Crippen LogP contribution in [0.2, 0.25) is 0 Å². The van der Waals surface area contributed by atoms with E-state index in [1.807, 2.05) is 0 Å². The van der Waals surface area contributed by atoms with Gasteiger partial charge in [-0.05, 0) is 17.8 Å². The maximum atomic E-state index is 11.8. The summed E-state index contributed by atoms with van der Waals surface area (Å²) in [6.45, 7) is 0. The first-order valence-corrected chi connectivity index (χ1v) is 3.76. The predicted molar refractivity (Wildman–Crippen MR) is 40.6 cm³/mol. The summed E-state index contributed by atoms with van der Waals surface area (Å²) in [6, 6.07) is 1.33. The number of hydrogen-bond donors (Lipinski definition) is 1. The Balaban J connectivity index is 2.83. The lowest BCUT2D eigenvalue weighted by Gasteiger charge is -2.06. The molecular formula is C6H5F3N2S. The Morgan fingerprint density at radius 2 is 2.08 bits per heavy atom. The van der Waals surface area contributed by atoms with Crippen LogP contribution in [0.1, 0.15) is 0 Å². The first-order valence-electron chi connectivity index (χ1n) is 2.94. The van der Waals surface area contributed by atoms with Gasteiger partial charge in [-0.15, -0.1) is 0 Å². The van der Waals surface area contributed by atoms with Crippen LogP contribution in [0.4, 0.5) is 18.9 Å². The van der Waals surface area contributed by atoms with Crippen LogP contribution in [-0.4, -0.2) is 10.5 Å². The van der Waals surface area contributed by atoms with Crippen molar-refractivity contribution in [2.75, 3.05) is 5.73 Å². The molecule has 0 bridgehead atoms. The molecule has 0 amide bonds. The molecule has 0 aliphatic rings. The molecule has 0 aromatic carbocycles. The quantitative estimate of drug-likeness (QED) is 0.697. The van der Waals surface area contributed by atoms with Crippen molar-refractivity contribution >= 4 is 17.4 Å². The highest BCUT2D eigenvalue weighted by Gasteiger charge is 2.30. The third-order valence-corrected chi connectivity index (χ3v) is 1.83. The molecule has 0 saturated heterocycles. The Bertz CT molecular complexity index is 274. The van der Waals surface area contributed by atoms with Crippen LogP contribution in [0.3, 0.4) is 0 Å². The number of rotatable bonds is 1. The van der Waals surface area contributed by atoms with Gasteiger partial charge in [0.1, 0.15) is 0 Å². The van der Waals surface area contributed by atoms with E-state index in [-0.39, 0.29) is 22.3 Å². The summed E-state index contributed by atoms with van der Waals surface area (Å²) in [7, 11) is 0. The molecule has 0 saturated carbocycles. The molecule has 12 heavy (non-hydrogen) atoms. The van der Waals surface area contributed by atoms with Crippen molar-refractivity contribution in [3.05, 3.63) is 18.5 Å². The summed E-state index contributed by atoms with van der Waals surface area (Å²) in [5.74, 6) is 0. The van der Waals surface area contributed by atoms with Gasteiger partial charge < -0.3 is 5.73 Å². The SMILES string of the molecule is Nc1ccncc1SC(F)(F)F. The van der Waals surface area contributed by atoms with Gasteiger partial charge in [0.05, 0.1) is 4.90 Å². The van der Waals surface area contributed by atoms with Gasteiger partial charge in [0.2, 0.25) is 0 Å². The minimum Gasteiger partial charge on any atom is -0.398 e. The highest BCUT2D eigenvalue weighted by Crippen LogP contribution is 2.38. The minimum absolute atomic E-state index is 0.0648. The lowest BCUT2D eigenvalue weighted by Crippen LogP contribution is -2.01. The van der Waals surface area contributed by atoms with Crippen molar-refractivity contribution in [3.8, 4) is 0 Å². The molecule has 0 fully saturated rings. The van der Waals surface area contributed by atoms with Crippen LogP contribution >= 0.6 is 11.8 Å². The van der Waals surface area contributed by atoms with Gasteiger partial charge in [0.15, 0.2) is 0 Å². The van der Waals surface area contributed by atoms with E-state index in [0.29, 0.717) is 0 Å². The van der Waals surface area contributed by atoms with Crippen LogP contribution in [0, 0.1) is 0 Å². The van der Waals surface area contributed by atoms with Gasteiger partial charge in [-0.2, -0.15) is 13.2 Å². The van der Waals surface area contributed by atoms with E-state index in [4.69, 9.17) is 5.73 Å². The maximum Gasteiger partial charge on any atom is 0.446 e. The number of thioether (sulfide) groups is 1. The number of nitrogen functional groups attached to an aromatic ring is 1. The summed E-state index contributed by atoms with van der Waals surface area (Å²) >= 11 is -0.260. The van der Waals surface area contributed by atoms with Crippen LogP contribution < -0.4 is 5.73 Å². The molecule has 0 spiro atoms. The van der Waals surface area contributed by atoms with Crippen molar-refractivity contribution in [1.82, 2.24) is 4.98 Å². The predicted octanol–water partition coefficient (Wildman–Crippen LogP) is 2.28. The Morgan fingerprint density at radius 3 is 2.58 bits per heavy atom. The van der Waals surface area contributed by atoms with Crippen LogP contribution in [0.25, 0.3) is 0 Å². The molecule has 2 nitrogen and oxygen atoms in total. The average molecular weight is 194 g/mol. The van der Waals surface area contributed by atoms with Crippen LogP contribution in [-0.2, 0) is 0 Å². The molecule has 0 atom stereocenters. The number of halogens is 3. The van der Waals surface area contributed by atoms with Gasteiger partial charge in [-0.25, -0.2) is 0 Å². The second kappa shape index (κ2) is 3.22. The van der Waals surface area contributed by atoms with E-state index in [1.165, 1.54) is 12.3 Å². The van der Waals surface area contributed by atoms with Crippen molar-refractivity contribution in [2.45, 2.75) is 10.4 Å². The zero-order valence-electron chi connectivity index (χ0n) is 5.80. The molecule has 1 heterocycles. The maximum absolute atomic E-state index is 11.8. The zero-order valence-corrected chi connectivity index (χ0v) is 6.62. The first kappa shape index (κ1) is 9.18. The Kier molecular flexibility index (Phi) is 2.46. The molecule has 0 unspecified atom stereocenters. The van der Waals surface area contributed by atoms with Gasteiger partial charge in [-0.3, -0.25) is 4.98 Å². The van der Waals surface area contributed by atoms with E-state index >= 15 is 0 Å². The lowest BCUT2D eigenvalue weighted by molar-refractivity contribution is -0.0328. The van der Waals surface area contributed by atoms with Gasteiger partial charge >= 0.3 is 5.51 Å². The second-order valence-corrected chi connectivity index (χ2v) is 3.07. The number of aromatic nitrogens is 1. The standard InChI is InChI=1S/C6H5F3N2S/c7-6(8,9)12-5-3-11-2-1-4(5)10/h1-3H,(H2,10,11).